The van der Waals surface area contributed by atoms with Gasteiger partial charge >= 0.3 is 5.97 Å². The molecule has 2 rings (SSSR count). The van der Waals surface area contributed by atoms with Gasteiger partial charge in [-0.05, 0) is 34.8 Å². The third kappa shape index (κ3) is 1.75. The highest BCUT2D eigenvalue weighted by Gasteiger charge is 2.54. The van der Waals surface area contributed by atoms with E-state index >= 15 is 0 Å². The second kappa shape index (κ2) is 4.42. The van der Waals surface area contributed by atoms with Crippen molar-refractivity contribution in [2.45, 2.75) is 18.3 Å². The molecule has 1 aliphatic rings. The molecule has 0 saturated heterocycles. The molecule has 0 radical (unpaired) electrons. The maximum Gasteiger partial charge on any atom is 0.314 e. The van der Waals surface area contributed by atoms with E-state index in [9.17, 15) is 14.3 Å². The number of methoxy groups -OCH3 is 2. The van der Waals surface area contributed by atoms with Gasteiger partial charge in [0, 0.05) is 5.56 Å². The minimum Gasteiger partial charge on any atom is -0.495 e. The number of hydrogen-bond donors (Lipinski definition) is 1. The third-order valence-electron chi connectivity index (χ3n) is 3.21. The van der Waals surface area contributed by atoms with Crippen molar-refractivity contribution in [1.82, 2.24) is 0 Å². The van der Waals surface area contributed by atoms with Crippen LogP contribution in [0.5, 0.6) is 11.5 Å². The lowest BCUT2D eigenvalue weighted by Gasteiger charge is -2.18. The summed E-state index contributed by atoms with van der Waals surface area (Å²) >= 11 is 3.19. The Bertz CT molecular complexity index is 511. The summed E-state index contributed by atoms with van der Waals surface area (Å²) in [6.45, 7) is 0. The monoisotopic (exact) mass is 318 g/mol. The maximum absolute atomic E-state index is 13.8. The van der Waals surface area contributed by atoms with E-state index in [0.717, 1.165) is 0 Å². The SMILES string of the molecule is COc1c(F)cc(C2(C(=O)O)CC2)c(OC)c1Br. The van der Waals surface area contributed by atoms with Gasteiger partial charge in [-0.15, -0.1) is 0 Å². The van der Waals surface area contributed by atoms with Gasteiger partial charge in [0.25, 0.3) is 0 Å². The van der Waals surface area contributed by atoms with E-state index in [0.29, 0.717) is 28.6 Å². The third-order valence-corrected chi connectivity index (χ3v) is 3.93. The Morgan fingerprint density at radius 3 is 2.33 bits per heavy atom. The van der Waals surface area contributed by atoms with E-state index in [1.165, 1.54) is 20.3 Å². The van der Waals surface area contributed by atoms with Crippen LogP contribution in [0.25, 0.3) is 0 Å². The van der Waals surface area contributed by atoms with Gasteiger partial charge in [-0.2, -0.15) is 0 Å². The zero-order chi connectivity index (χ0) is 13.5. The van der Waals surface area contributed by atoms with Crippen LogP contribution in [0, 0.1) is 5.82 Å². The Morgan fingerprint density at radius 2 is 1.94 bits per heavy atom. The summed E-state index contributed by atoms with van der Waals surface area (Å²) in [5.41, 5.74) is -0.677. The van der Waals surface area contributed by atoms with Gasteiger partial charge in [0.2, 0.25) is 0 Å². The molecule has 0 aromatic heterocycles. The molecule has 0 heterocycles. The summed E-state index contributed by atoms with van der Waals surface area (Å²) < 4.78 is 24.3. The van der Waals surface area contributed by atoms with Crippen molar-refractivity contribution in [1.29, 1.82) is 0 Å². The van der Waals surface area contributed by atoms with Crippen molar-refractivity contribution in [2.75, 3.05) is 14.2 Å². The molecule has 1 aliphatic carbocycles. The van der Waals surface area contributed by atoms with Gasteiger partial charge in [-0.25, -0.2) is 4.39 Å². The van der Waals surface area contributed by atoms with Crippen molar-refractivity contribution in [3.05, 3.63) is 21.9 Å². The predicted octanol–water partition coefficient (Wildman–Crippen LogP) is 2.72. The van der Waals surface area contributed by atoms with E-state index in [2.05, 4.69) is 15.9 Å². The van der Waals surface area contributed by atoms with Crippen LogP contribution in [-0.4, -0.2) is 25.3 Å². The van der Waals surface area contributed by atoms with Crippen molar-refractivity contribution >= 4 is 21.9 Å². The number of carbonyl (C=O) groups is 1. The molecule has 0 unspecified atom stereocenters. The smallest absolute Gasteiger partial charge is 0.314 e. The number of carboxylic acids is 1. The number of aliphatic carboxylic acids is 1. The first-order valence-electron chi connectivity index (χ1n) is 5.31. The van der Waals surface area contributed by atoms with Gasteiger partial charge in [0.15, 0.2) is 11.6 Å². The second-order valence-corrected chi connectivity index (χ2v) is 4.97. The zero-order valence-corrected chi connectivity index (χ0v) is 11.5. The lowest BCUT2D eigenvalue weighted by Crippen LogP contribution is -2.21. The fourth-order valence-electron chi connectivity index (χ4n) is 2.05. The highest BCUT2D eigenvalue weighted by molar-refractivity contribution is 9.10. The summed E-state index contributed by atoms with van der Waals surface area (Å²) in [5, 5.41) is 9.26. The predicted molar refractivity (Wildman–Crippen MR) is 65.8 cm³/mol. The summed E-state index contributed by atoms with van der Waals surface area (Å²) in [7, 11) is 2.76. The van der Waals surface area contributed by atoms with E-state index in [4.69, 9.17) is 9.47 Å². The lowest BCUT2D eigenvalue weighted by molar-refractivity contribution is -0.140. The van der Waals surface area contributed by atoms with Crippen molar-refractivity contribution in [3.63, 3.8) is 0 Å². The van der Waals surface area contributed by atoms with Crippen LogP contribution in [0.15, 0.2) is 10.5 Å². The van der Waals surface area contributed by atoms with Crippen LogP contribution in [-0.2, 0) is 10.2 Å². The van der Waals surface area contributed by atoms with Crippen LogP contribution in [0.2, 0.25) is 0 Å². The van der Waals surface area contributed by atoms with E-state index < -0.39 is 17.2 Å². The summed E-state index contributed by atoms with van der Waals surface area (Å²) in [6, 6.07) is 1.18. The molecule has 6 heteroatoms. The molecule has 0 aliphatic heterocycles. The molecule has 1 aromatic carbocycles. The van der Waals surface area contributed by atoms with Gasteiger partial charge in [-0.3, -0.25) is 4.79 Å². The Hall–Kier alpha value is -1.30. The number of halogens is 2. The normalized spacial score (nSPS) is 16.2. The van der Waals surface area contributed by atoms with Crippen molar-refractivity contribution in [2.24, 2.45) is 0 Å². The standard InChI is InChI=1S/C12H12BrFO4/c1-17-9-6(12(3-4-12)11(15)16)5-7(14)10(18-2)8(9)13/h5H,3-4H2,1-2H3,(H,15,16). The molecule has 0 amide bonds. The molecular formula is C12H12BrFO4. The quantitative estimate of drug-likeness (QED) is 0.927. The average Bonchev–Trinajstić information content (AvgIpc) is 3.10. The average molecular weight is 319 g/mol. The Kier molecular flexibility index (Phi) is 3.23. The van der Waals surface area contributed by atoms with Gasteiger partial charge in [0.1, 0.15) is 10.2 Å². The first kappa shape index (κ1) is 13.1. The van der Waals surface area contributed by atoms with Crippen LogP contribution in [0.1, 0.15) is 18.4 Å². The van der Waals surface area contributed by atoms with Crippen LogP contribution >= 0.6 is 15.9 Å². The molecule has 0 spiro atoms. The summed E-state index contributed by atoms with van der Waals surface area (Å²) in [5.74, 6) is -1.24. The highest BCUT2D eigenvalue weighted by Crippen LogP contribution is 2.54. The number of ether oxygens (including phenoxy) is 2. The number of carboxylic acid groups (broad SMARTS) is 1. The molecular weight excluding hydrogens is 307 g/mol. The minimum absolute atomic E-state index is 0.0109. The van der Waals surface area contributed by atoms with Crippen molar-refractivity contribution in [3.8, 4) is 11.5 Å². The molecule has 18 heavy (non-hydrogen) atoms. The highest BCUT2D eigenvalue weighted by atomic mass is 79.9. The molecule has 1 fully saturated rings. The van der Waals surface area contributed by atoms with Crippen LogP contribution in [0.4, 0.5) is 4.39 Å². The number of rotatable bonds is 4. The Balaban J connectivity index is 2.66. The number of benzene rings is 1. The molecule has 4 nitrogen and oxygen atoms in total. The molecule has 1 N–H and O–H groups in total. The van der Waals surface area contributed by atoms with E-state index in [1.54, 1.807) is 0 Å². The molecule has 1 aromatic rings. The van der Waals surface area contributed by atoms with Gasteiger partial charge < -0.3 is 14.6 Å². The lowest BCUT2D eigenvalue weighted by atomic mass is 9.94. The zero-order valence-electron chi connectivity index (χ0n) is 9.92. The summed E-state index contributed by atoms with van der Waals surface area (Å²) in [6.07, 6.45) is 0.966. The topological polar surface area (TPSA) is 55.8 Å². The maximum atomic E-state index is 13.8. The number of hydrogen-bond acceptors (Lipinski definition) is 3. The first-order valence-corrected chi connectivity index (χ1v) is 6.11. The first-order chi connectivity index (χ1) is 8.47. The Morgan fingerprint density at radius 1 is 1.39 bits per heavy atom. The molecule has 0 atom stereocenters. The molecule has 0 bridgehead atoms. The molecule has 98 valence electrons. The van der Waals surface area contributed by atoms with Crippen LogP contribution in [0.3, 0.4) is 0 Å². The van der Waals surface area contributed by atoms with E-state index in [-0.39, 0.29) is 5.75 Å². The fraction of sp³-hybridized carbons (Fsp3) is 0.417. The largest absolute Gasteiger partial charge is 0.495 e. The van der Waals surface area contributed by atoms with Gasteiger partial charge in [0.05, 0.1) is 19.6 Å². The second-order valence-electron chi connectivity index (χ2n) is 4.17. The van der Waals surface area contributed by atoms with Gasteiger partial charge in [-0.1, -0.05) is 0 Å². The molecule has 1 saturated carbocycles. The summed E-state index contributed by atoms with van der Waals surface area (Å²) in [4.78, 5) is 11.3. The van der Waals surface area contributed by atoms with Crippen molar-refractivity contribution < 1.29 is 23.8 Å². The Labute approximate surface area is 112 Å². The fourth-order valence-corrected chi connectivity index (χ4v) is 2.78. The minimum atomic E-state index is -1.03. The van der Waals surface area contributed by atoms with Crippen LogP contribution < -0.4 is 9.47 Å². The van der Waals surface area contributed by atoms with E-state index in [1.807, 2.05) is 0 Å².